The van der Waals surface area contributed by atoms with E-state index >= 15 is 0 Å². The summed E-state index contributed by atoms with van der Waals surface area (Å²) in [5.74, 6) is -2.58. The van der Waals surface area contributed by atoms with Gasteiger partial charge in [0.05, 0.1) is 23.6 Å². The standard InChI is InChI=1S/C30H24N2O5/c1-17-7-11-21(12-8-17)32-29(35)24-25(30(32)36)27(28(34)20-9-13-22(14-10-20)37-18(2)33)31-16-15-19-5-3-4-6-23(19)26(24)31/h3-16,24-27H,1-2H3/t24-,25+,26+,27-/m0/s1. The molecule has 0 aliphatic carbocycles. The molecular weight excluding hydrogens is 468 g/mol. The number of hydrogen-bond acceptors (Lipinski definition) is 6. The Morgan fingerprint density at radius 3 is 2.22 bits per heavy atom. The second-order valence-corrected chi connectivity index (χ2v) is 9.66. The number of carbonyl (C=O) groups excluding carboxylic acids is 4. The van der Waals surface area contributed by atoms with Gasteiger partial charge in [0.1, 0.15) is 11.8 Å². The van der Waals surface area contributed by atoms with Crippen molar-refractivity contribution < 1.29 is 23.9 Å². The molecule has 2 fully saturated rings. The van der Waals surface area contributed by atoms with Gasteiger partial charge >= 0.3 is 5.97 Å². The van der Waals surface area contributed by atoms with Crippen LogP contribution >= 0.6 is 0 Å². The van der Waals surface area contributed by atoms with Gasteiger partial charge in [-0.1, -0.05) is 42.0 Å². The minimum absolute atomic E-state index is 0.261. The van der Waals surface area contributed by atoms with Crippen molar-refractivity contribution in [2.75, 3.05) is 4.90 Å². The Balaban J connectivity index is 1.44. The number of carbonyl (C=O) groups is 4. The van der Waals surface area contributed by atoms with Crippen LogP contribution in [0.5, 0.6) is 5.75 Å². The van der Waals surface area contributed by atoms with Gasteiger partial charge in [-0.15, -0.1) is 0 Å². The summed E-state index contributed by atoms with van der Waals surface area (Å²) in [5, 5.41) is 0. The molecule has 3 aromatic carbocycles. The zero-order chi connectivity index (χ0) is 25.8. The maximum atomic E-state index is 14.0. The molecular formula is C30H24N2O5. The third kappa shape index (κ3) is 3.57. The number of anilines is 1. The number of Topliss-reactive ketones (excluding diaryl/α,β-unsaturated/α-hetero) is 1. The summed E-state index contributed by atoms with van der Waals surface area (Å²) >= 11 is 0. The first-order chi connectivity index (χ1) is 17.8. The molecule has 37 heavy (non-hydrogen) atoms. The highest BCUT2D eigenvalue weighted by atomic mass is 16.5. The highest BCUT2D eigenvalue weighted by Gasteiger charge is 2.64. The number of hydrogen-bond donors (Lipinski definition) is 0. The largest absolute Gasteiger partial charge is 0.427 e. The Labute approximate surface area is 213 Å². The zero-order valence-electron chi connectivity index (χ0n) is 20.3. The van der Waals surface area contributed by atoms with E-state index in [9.17, 15) is 19.2 Å². The van der Waals surface area contributed by atoms with E-state index in [1.165, 1.54) is 11.8 Å². The molecule has 184 valence electrons. The fourth-order valence-corrected chi connectivity index (χ4v) is 5.83. The van der Waals surface area contributed by atoms with Crippen molar-refractivity contribution in [3.8, 4) is 5.75 Å². The van der Waals surface area contributed by atoms with Gasteiger partial charge in [-0.25, -0.2) is 4.90 Å². The van der Waals surface area contributed by atoms with Crippen LogP contribution in [0.3, 0.4) is 0 Å². The van der Waals surface area contributed by atoms with Crippen molar-refractivity contribution >= 4 is 35.3 Å². The van der Waals surface area contributed by atoms with Crippen LogP contribution < -0.4 is 9.64 Å². The van der Waals surface area contributed by atoms with Gasteiger partial charge in [0.15, 0.2) is 5.78 Å². The van der Waals surface area contributed by atoms with Crippen LogP contribution in [-0.4, -0.2) is 34.5 Å². The molecule has 2 amide bonds. The average Bonchev–Trinajstić information content (AvgIpc) is 3.37. The molecule has 0 saturated carbocycles. The Bertz CT molecular complexity index is 1470. The quantitative estimate of drug-likeness (QED) is 0.234. The van der Waals surface area contributed by atoms with Gasteiger partial charge in [0.2, 0.25) is 11.8 Å². The van der Waals surface area contributed by atoms with Crippen LogP contribution in [0.25, 0.3) is 6.08 Å². The van der Waals surface area contributed by atoms with Crippen molar-refractivity contribution in [2.24, 2.45) is 11.8 Å². The molecule has 0 spiro atoms. The topological polar surface area (TPSA) is 84.0 Å². The first-order valence-corrected chi connectivity index (χ1v) is 12.2. The van der Waals surface area contributed by atoms with Crippen molar-refractivity contribution in [1.82, 2.24) is 4.90 Å². The van der Waals surface area contributed by atoms with Gasteiger partial charge in [-0.05, 0) is 60.5 Å². The monoisotopic (exact) mass is 492 g/mol. The maximum absolute atomic E-state index is 14.0. The number of ether oxygens (including phenoxy) is 1. The lowest BCUT2D eigenvalue weighted by Crippen LogP contribution is -2.44. The van der Waals surface area contributed by atoms with E-state index in [1.807, 2.05) is 60.5 Å². The van der Waals surface area contributed by atoms with E-state index in [1.54, 1.807) is 36.4 Å². The molecule has 7 nitrogen and oxygen atoms in total. The maximum Gasteiger partial charge on any atom is 0.308 e. The van der Waals surface area contributed by atoms with E-state index in [4.69, 9.17) is 4.74 Å². The van der Waals surface area contributed by atoms with Crippen molar-refractivity contribution in [2.45, 2.75) is 25.9 Å². The number of fused-ring (bicyclic) bond motifs is 5. The molecule has 6 rings (SSSR count). The third-order valence-electron chi connectivity index (χ3n) is 7.42. The van der Waals surface area contributed by atoms with Crippen LogP contribution in [0, 0.1) is 18.8 Å². The summed E-state index contributed by atoms with van der Waals surface area (Å²) in [7, 11) is 0. The molecule has 3 heterocycles. The Kier molecular flexibility index (Phi) is 5.30. The lowest BCUT2D eigenvalue weighted by Gasteiger charge is -2.35. The molecule has 4 atom stereocenters. The summed E-state index contributed by atoms with van der Waals surface area (Å²) in [6.45, 7) is 3.25. The minimum atomic E-state index is -0.855. The molecule has 3 aromatic rings. The van der Waals surface area contributed by atoms with Gasteiger partial charge < -0.3 is 9.64 Å². The Morgan fingerprint density at radius 1 is 0.838 bits per heavy atom. The summed E-state index contributed by atoms with van der Waals surface area (Å²) in [6.07, 6.45) is 3.75. The van der Waals surface area contributed by atoms with Crippen molar-refractivity contribution in [3.05, 3.63) is 101 Å². The first-order valence-electron chi connectivity index (χ1n) is 12.2. The van der Waals surface area contributed by atoms with Crippen LogP contribution in [0.2, 0.25) is 0 Å². The highest BCUT2D eigenvalue weighted by molar-refractivity contribution is 6.24. The summed E-state index contributed by atoms with van der Waals surface area (Å²) in [5.41, 5.74) is 3.80. The van der Waals surface area contributed by atoms with E-state index in [2.05, 4.69) is 0 Å². The van der Waals surface area contributed by atoms with Gasteiger partial charge in [0, 0.05) is 18.7 Å². The second kappa shape index (κ2) is 8.55. The molecule has 3 aliphatic rings. The number of rotatable bonds is 4. The summed E-state index contributed by atoms with van der Waals surface area (Å²) in [4.78, 5) is 56.2. The molecule has 2 saturated heterocycles. The first kappa shape index (κ1) is 22.9. The van der Waals surface area contributed by atoms with E-state index in [0.717, 1.165) is 16.7 Å². The van der Waals surface area contributed by atoms with Crippen LogP contribution in [0.4, 0.5) is 5.69 Å². The number of esters is 1. The molecule has 0 unspecified atom stereocenters. The normalized spacial score (nSPS) is 23.5. The minimum Gasteiger partial charge on any atom is -0.427 e. The number of aryl methyl sites for hydroxylation is 1. The van der Waals surface area contributed by atoms with E-state index in [-0.39, 0.29) is 17.6 Å². The highest BCUT2D eigenvalue weighted by Crippen LogP contribution is 2.53. The second-order valence-electron chi connectivity index (χ2n) is 9.66. The lowest BCUT2D eigenvalue weighted by molar-refractivity contribution is -0.132. The van der Waals surface area contributed by atoms with Gasteiger partial charge in [0.25, 0.3) is 0 Å². The Hall–Kier alpha value is -4.52. The smallest absolute Gasteiger partial charge is 0.308 e. The molecule has 0 bridgehead atoms. The van der Waals surface area contributed by atoms with E-state index in [0.29, 0.717) is 17.0 Å². The molecule has 0 N–H and O–H groups in total. The summed E-state index contributed by atoms with van der Waals surface area (Å²) in [6, 6.07) is 20.0. The molecule has 7 heteroatoms. The van der Waals surface area contributed by atoms with Gasteiger partial charge in [-0.3, -0.25) is 19.2 Å². The average molecular weight is 493 g/mol. The predicted octanol–water partition coefficient (Wildman–Crippen LogP) is 4.32. The molecule has 0 radical (unpaired) electrons. The fraction of sp³-hybridized carbons (Fsp3) is 0.200. The number of imide groups is 1. The van der Waals surface area contributed by atoms with Crippen LogP contribution in [0.15, 0.2) is 79.0 Å². The summed E-state index contributed by atoms with van der Waals surface area (Å²) < 4.78 is 5.09. The predicted molar refractivity (Wildman–Crippen MR) is 137 cm³/mol. The number of amides is 2. The lowest BCUT2D eigenvalue weighted by atomic mass is 9.83. The Morgan fingerprint density at radius 2 is 1.51 bits per heavy atom. The fourth-order valence-electron chi connectivity index (χ4n) is 5.83. The van der Waals surface area contributed by atoms with Crippen LogP contribution in [-0.2, 0) is 14.4 Å². The number of benzene rings is 3. The van der Waals surface area contributed by atoms with Crippen molar-refractivity contribution in [1.29, 1.82) is 0 Å². The SMILES string of the molecule is CC(=O)Oc1ccc(C(=O)[C@@H]2[C@@H]3C(=O)N(c4ccc(C)cc4)C(=O)[C@@H]3[C@H]3c4ccccc4C=CN23)cc1. The van der Waals surface area contributed by atoms with Crippen molar-refractivity contribution in [3.63, 3.8) is 0 Å². The number of ketones is 1. The van der Waals surface area contributed by atoms with Gasteiger partial charge in [-0.2, -0.15) is 0 Å². The molecule has 0 aromatic heterocycles. The molecule has 3 aliphatic heterocycles. The number of nitrogens with zero attached hydrogens (tertiary/aromatic N) is 2. The van der Waals surface area contributed by atoms with Crippen LogP contribution in [0.1, 0.15) is 40.0 Å². The van der Waals surface area contributed by atoms with E-state index < -0.39 is 29.9 Å². The third-order valence-corrected chi connectivity index (χ3v) is 7.42. The zero-order valence-corrected chi connectivity index (χ0v) is 20.3.